The van der Waals surface area contributed by atoms with Gasteiger partial charge in [-0.15, -0.1) is 10.2 Å². The third kappa shape index (κ3) is 3.08. The summed E-state index contributed by atoms with van der Waals surface area (Å²) in [6.45, 7) is 4.27. The minimum absolute atomic E-state index is 0.173. The van der Waals surface area contributed by atoms with Crippen molar-refractivity contribution < 1.29 is 0 Å². The smallest absolute Gasteiger partial charge is 0.149 e. The summed E-state index contributed by atoms with van der Waals surface area (Å²) < 4.78 is 3.20. The Bertz CT molecular complexity index is 506. The highest BCUT2D eigenvalue weighted by Gasteiger charge is 2.14. The molecule has 96 valence electrons. The number of nitrogens with zero attached hydrogens (tertiary/aromatic N) is 3. The maximum Gasteiger partial charge on any atom is 0.149 e. The van der Waals surface area contributed by atoms with Gasteiger partial charge in [-0.2, -0.15) is 0 Å². The molecular weight excluding hydrogens is 339 g/mol. The molecule has 0 aliphatic heterocycles. The van der Waals surface area contributed by atoms with Gasteiger partial charge in [0.25, 0.3) is 0 Å². The number of benzene rings is 1. The van der Waals surface area contributed by atoms with E-state index in [0.717, 1.165) is 5.82 Å². The molecule has 0 fully saturated rings. The Morgan fingerprint density at radius 2 is 1.83 bits per heavy atom. The minimum Gasteiger partial charge on any atom is -0.319 e. The van der Waals surface area contributed by atoms with Gasteiger partial charge in [-0.1, -0.05) is 12.1 Å². The normalized spacial score (nSPS) is 14.4. The highest BCUT2D eigenvalue weighted by Crippen LogP contribution is 2.18. The quantitative estimate of drug-likeness (QED) is 0.857. The summed E-state index contributed by atoms with van der Waals surface area (Å²) in [6.07, 6.45) is 1.73. The first kappa shape index (κ1) is 13.5. The molecule has 0 amide bonds. The molecule has 0 saturated heterocycles. The van der Waals surface area contributed by atoms with Crippen LogP contribution in [0.2, 0.25) is 0 Å². The van der Waals surface area contributed by atoms with Gasteiger partial charge in [0.1, 0.15) is 12.2 Å². The Balaban J connectivity index is 2.05. The predicted octanol–water partition coefficient (Wildman–Crippen LogP) is 2.83. The average molecular weight is 356 g/mol. The fraction of sp³-hybridized carbons (Fsp3) is 0.385. The molecule has 0 bridgehead atoms. The first-order chi connectivity index (χ1) is 8.58. The summed E-state index contributed by atoms with van der Waals surface area (Å²) in [4.78, 5) is 0. The van der Waals surface area contributed by atoms with Gasteiger partial charge in [0.15, 0.2) is 0 Å². The van der Waals surface area contributed by atoms with Crippen LogP contribution in [0.1, 0.15) is 37.3 Å². The first-order valence-corrected chi connectivity index (χ1v) is 7.01. The minimum atomic E-state index is 0.173. The van der Waals surface area contributed by atoms with E-state index in [-0.39, 0.29) is 12.1 Å². The van der Waals surface area contributed by atoms with Crippen molar-refractivity contribution in [3.8, 4) is 0 Å². The van der Waals surface area contributed by atoms with Crippen LogP contribution in [-0.4, -0.2) is 14.8 Å². The number of hydrogen-bond acceptors (Lipinski definition) is 3. The first-order valence-electron chi connectivity index (χ1n) is 5.93. The molecule has 1 heterocycles. The van der Waals surface area contributed by atoms with E-state index < -0.39 is 0 Å². The molecule has 2 aromatic rings. The van der Waals surface area contributed by atoms with Crippen LogP contribution in [0, 0.1) is 3.57 Å². The van der Waals surface area contributed by atoms with Gasteiger partial charge >= 0.3 is 0 Å². The molecule has 5 heteroatoms. The molecule has 0 aliphatic rings. The van der Waals surface area contributed by atoms with Crippen LogP contribution in [0.15, 0.2) is 30.6 Å². The number of rotatable bonds is 4. The fourth-order valence-corrected chi connectivity index (χ4v) is 2.34. The third-order valence-corrected chi connectivity index (χ3v) is 3.72. The lowest BCUT2D eigenvalue weighted by Gasteiger charge is -2.19. The summed E-state index contributed by atoms with van der Waals surface area (Å²) in [5, 5.41) is 11.6. The number of aryl methyl sites for hydroxylation is 1. The van der Waals surface area contributed by atoms with Crippen molar-refractivity contribution in [3.05, 3.63) is 45.6 Å². The van der Waals surface area contributed by atoms with Crippen molar-refractivity contribution in [3.63, 3.8) is 0 Å². The summed E-state index contributed by atoms with van der Waals surface area (Å²) in [6, 6.07) is 9.02. The summed E-state index contributed by atoms with van der Waals surface area (Å²) >= 11 is 2.32. The second-order valence-corrected chi connectivity index (χ2v) is 5.71. The SMILES string of the molecule is CC(NC(C)c1nncn1C)c1ccc(I)cc1. The van der Waals surface area contributed by atoms with Gasteiger partial charge in [0, 0.05) is 16.7 Å². The third-order valence-electron chi connectivity index (χ3n) is 3.00. The molecule has 0 saturated carbocycles. The molecular formula is C13H17IN4. The standard InChI is InChI=1S/C13H17IN4/c1-9(11-4-6-12(14)7-5-11)16-10(2)13-17-15-8-18(13)3/h4-10,16H,1-3H3. The molecule has 18 heavy (non-hydrogen) atoms. The number of nitrogens with one attached hydrogen (secondary N) is 1. The lowest BCUT2D eigenvalue weighted by atomic mass is 10.1. The Kier molecular flexibility index (Phi) is 4.34. The van der Waals surface area contributed by atoms with E-state index in [4.69, 9.17) is 0 Å². The van der Waals surface area contributed by atoms with Crippen molar-refractivity contribution in [1.82, 2.24) is 20.1 Å². The van der Waals surface area contributed by atoms with Crippen LogP contribution >= 0.6 is 22.6 Å². The van der Waals surface area contributed by atoms with Crippen molar-refractivity contribution in [2.75, 3.05) is 0 Å². The Morgan fingerprint density at radius 3 is 2.39 bits per heavy atom. The van der Waals surface area contributed by atoms with E-state index in [2.05, 4.69) is 76.2 Å². The van der Waals surface area contributed by atoms with E-state index >= 15 is 0 Å². The van der Waals surface area contributed by atoms with Gasteiger partial charge in [0.05, 0.1) is 6.04 Å². The summed E-state index contributed by atoms with van der Waals surface area (Å²) in [5.74, 6) is 0.951. The van der Waals surface area contributed by atoms with Crippen LogP contribution in [0.4, 0.5) is 0 Å². The van der Waals surface area contributed by atoms with Gasteiger partial charge in [-0.05, 0) is 54.1 Å². The Labute approximate surface area is 121 Å². The van der Waals surface area contributed by atoms with Crippen molar-refractivity contribution in [1.29, 1.82) is 0 Å². The largest absolute Gasteiger partial charge is 0.319 e. The molecule has 0 radical (unpaired) electrons. The van der Waals surface area contributed by atoms with Gasteiger partial charge in [-0.25, -0.2) is 0 Å². The predicted molar refractivity (Wildman–Crippen MR) is 80.1 cm³/mol. The van der Waals surface area contributed by atoms with Crippen molar-refractivity contribution in [2.24, 2.45) is 7.05 Å². The average Bonchev–Trinajstić information content (AvgIpc) is 2.76. The highest BCUT2D eigenvalue weighted by atomic mass is 127. The second-order valence-electron chi connectivity index (χ2n) is 4.46. The Hall–Kier alpha value is -0.950. The molecule has 2 atom stereocenters. The van der Waals surface area contributed by atoms with E-state index in [1.165, 1.54) is 9.13 Å². The zero-order valence-corrected chi connectivity index (χ0v) is 12.9. The van der Waals surface area contributed by atoms with Crippen LogP contribution in [-0.2, 0) is 7.05 Å². The van der Waals surface area contributed by atoms with Crippen LogP contribution in [0.25, 0.3) is 0 Å². The number of aromatic nitrogens is 3. The zero-order chi connectivity index (χ0) is 13.1. The number of hydrogen-bond donors (Lipinski definition) is 1. The van der Waals surface area contributed by atoms with Crippen LogP contribution in [0.3, 0.4) is 0 Å². The summed E-state index contributed by atoms with van der Waals surface area (Å²) in [7, 11) is 1.96. The summed E-state index contributed by atoms with van der Waals surface area (Å²) in [5.41, 5.74) is 1.28. The molecule has 2 unspecified atom stereocenters. The van der Waals surface area contributed by atoms with E-state index in [0.29, 0.717) is 0 Å². The van der Waals surface area contributed by atoms with E-state index in [9.17, 15) is 0 Å². The fourth-order valence-electron chi connectivity index (χ4n) is 1.98. The van der Waals surface area contributed by atoms with Crippen molar-refractivity contribution >= 4 is 22.6 Å². The molecule has 0 aliphatic carbocycles. The molecule has 4 nitrogen and oxygen atoms in total. The molecule has 0 spiro atoms. The molecule has 1 N–H and O–H groups in total. The monoisotopic (exact) mass is 356 g/mol. The molecule has 1 aromatic carbocycles. The van der Waals surface area contributed by atoms with E-state index in [1.807, 2.05) is 11.6 Å². The second kappa shape index (κ2) is 5.79. The zero-order valence-electron chi connectivity index (χ0n) is 10.8. The lowest BCUT2D eigenvalue weighted by Crippen LogP contribution is -2.24. The van der Waals surface area contributed by atoms with Crippen LogP contribution < -0.4 is 5.32 Å². The molecule has 2 rings (SSSR count). The lowest BCUT2D eigenvalue weighted by molar-refractivity contribution is 0.466. The molecule has 1 aromatic heterocycles. The van der Waals surface area contributed by atoms with Crippen molar-refractivity contribution in [2.45, 2.75) is 25.9 Å². The topological polar surface area (TPSA) is 42.7 Å². The van der Waals surface area contributed by atoms with Gasteiger partial charge in [0.2, 0.25) is 0 Å². The number of halogens is 1. The van der Waals surface area contributed by atoms with Crippen LogP contribution in [0.5, 0.6) is 0 Å². The maximum atomic E-state index is 4.13. The van der Waals surface area contributed by atoms with Gasteiger partial charge in [-0.3, -0.25) is 0 Å². The Morgan fingerprint density at radius 1 is 1.17 bits per heavy atom. The van der Waals surface area contributed by atoms with Gasteiger partial charge < -0.3 is 9.88 Å². The maximum absolute atomic E-state index is 4.13. The van der Waals surface area contributed by atoms with E-state index in [1.54, 1.807) is 6.33 Å². The highest BCUT2D eigenvalue weighted by molar-refractivity contribution is 14.1.